The minimum atomic E-state index is 0.00804. The fourth-order valence-electron chi connectivity index (χ4n) is 1.91. The Morgan fingerprint density at radius 1 is 1.40 bits per heavy atom. The molecule has 2 aromatic rings. The van der Waals surface area contributed by atoms with E-state index in [1.165, 1.54) is 0 Å². The molecule has 6 nitrogen and oxygen atoms in total. The molecule has 0 saturated carbocycles. The van der Waals surface area contributed by atoms with Crippen LogP contribution in [0.3, 0.4) is 0 Å². The summed E-state index contributed by atoms with van der Waals surface area (Å²) >= 11 is 0. The van der Waals surface area contributed by atoms with Crippen LogP contribution in [0.25, 0.3) is 11.1 Å². The van der Waals surface area contributed by atoms with Gasteiger partial charge in [-0.2, -0.15) is 4.98 Å². The van der Waals surface area contributed by atoms with Gasteiger partial charge in [0.25, 0.3) is 6.01 Å². The smallest absolute Gasteiger partial charge is 0.298 e. The predicted octanol–water partition coefficient (Wildman–Crippen LogP) is 1.71. The number of likely N-dealkylation sites (N-methyl/N-ethyl adjacent to an activating group) is 1. The van der Waals surface area contributed by atoms with E-state index in [1.807, 2.05) is 24.0 Å². The Hall–Kier alpha value is -2.24. The van der Waals surface area contributed by atoms with Crippen LogP contribution in [0.2, 0.25) is 0 Å². The van der Waals surface area contributed by atoms with Crippen LogP contribution in [0.15, 0.2) is 22.6 Å². The van der Waals surface area contributed by atoms with Crippen molar-refractivity contribution in [1.82, 2.24) is 9.88 Å². The van der Waals surface area contributed by atoms with E-state index >= 15 is 0 Å². The number of benzene rings is 1. The summed E-state index contributed by atoms with van der Waals surface area (Å²) in [6.07, 6.45) is 0.898. The molecule has 0 bridgehead atoms. The Morgan fingerprint density at radius 3 is 2.75 bits per heavy atom. The van der Waals surface area contributed by atoms with Crippen LogP contribution in [0.4, 0.5) is 11.7 Å². The number of carbonyl (C=O) groups excluding carboxylic acids is 1. The van der Waals surface area contributed by atoms with Crippen LogP contribution < -0.4 is 10.6 Å². The third-order valence-corrected chi connectivity index (χ3v) is 3.03. The van der Waals surface area contributed by atoms with Crippen LogP contribution in [-0.2, 0) is 4.79 Å². The Bertz CT molecular complexity index is 606. The largest absolute Gasteiger partial charge is 0.423 e. The molecule has 0 aliphatic rings. The first kappa shape index (κ1) is 14.2. The van der Waals surface area contributed by atoms with Gasteiger partial charge in [-0.1, -0.05) is 13.0 Å². The van der Waals surface area contributed by atoms with E-state index in [1.54, 1.807) is 25.1 Å². The zero-order valence-corrected chi connectivity index (χ0v) is 12.1. The Kier molecular flexibility index (Phi) is 4.12. The summed E-state index contributed by atoms with van der Waals surface area (Å²) in [6.45, 7) is 2.99. The number of nitrogens with zero attached hydrogens (tertiary/aromatic N) is 3. The first-order valence-corrected chi connectivity index (χ1v) is 6.63. The molecular weight excluding hydrogens is 256 g/mol. The summed E-state index contributed by atoms with van der Waals surface area (Å²) in [5.41, 5.74) is 7.73. The second-order valence-corrected chi connectivity index (χ2v) is 4.90. The van der Waals surface area contributed by atoms with Gasteiger partial charge in [0.2, 0.25) is 5.91 Å². The molecule has 108 valence electrons. The number of nitrogen functional groups attached to an aromatic ring is 1. The average Bonchev–Trinajstić information content (AvgIpc) is 2.83. The van der Waals surface area contributed by atoms with Crippen molar-refractivity contribution in [3.63, 3.8) is 0 Å². The van der Waals surface area contributed by atoms with E-state index in [-0.39, 0.29) is 12.5 Å². The molecule has 6 heteroatoms. The molecule has 1 amide bonds. The van der Waals surface area contributed by atoms with Crippen LogP contribution in [0.5, 0.6) is 0 Å². The first-order chi connectivity index (χ1) is 9.52. The van der Waals surface area contributed by atoms with E-state index in [0.717, 1.165) is 6.42 Å². The number of hydrogen-bond donors (Lipinski definition) is 1. The van der Waals surface area contributed by atoms with Crippen molar-refractivity contribution in [1.29, 1.82) is 0 Å². The molecule has 0 radical (unpaired) electrons. The van der Waals surface area contributed by atoms with E-state index in [0.29, 0.717) is 29.3 Å². The second-order valence-electron chi connectivity index (χ2n) is 4.90. The lowest BCUT2D eigenvalue weighted by Crippen LogP contribution is -2.37. The predicted molar refractivity (Wildman–Crippen MR) is 79.6 cm³/mol. The van der Waals surface area contributed by atoms with Gasteiger partial charge < -0.3 is 20.0 Å². The lowest BCUT2D eigenvalue weighted by atomic mass is 10.3. The molecule has 0 unspecified atom stereocenters. The van der Waals surface area contributed by atoms with Crippen molar-refractivity contribution in [3.8, 4) is 0 Å². The molecule has 0 spiro atoms. The molecule has 0 aliphatic carbocycles. The van der Waals surface area contributed by atoms with E-state index in [2.05, 4.69) is 4.98 Å². The fourth-order valence-corrected chi connectivity index (χ4v) is 1.91. The highest BCUT2D eigenvalue weighted by Gasteiger charge is 2.18. The van der Waals surface area contributed by atoms with Gasteiger partial charge >= 0.3 is 0 Å². The zero-order chi connectivity index (χ0) is 14.7. The molecule has 0 saturated heterocycles. The summed E-state index contributed by atoms with van der Waals surface area (Å²) < 4.78 is 5.71. The maximum absolute atomic E-state index is 11.9. The number of hydrogen-bond acceptors (Lipinski definition) is 5. The number of aromatic nitrogens is 1. The lowest BCUT2D eigenvalue weighted by molar-refractivity contribution is -0.127. The second kappa shape index (κ2) is 5.81. The normalized spacial score (nSPS) is 10.8. The van der Waals surface area contributed by atoms with Crippen molar-refractivity contribution in [2.45, 2.75) is 13.3 Å². The van der Waals surface area contributed by atoms with Gasteiger partial charge in [0.05, 0.1) is 5.69 Å². The van der Waals surface area contributed by atoms with Crippen LogP contribution >= 0.6 is 0 Å². The van der Waals surface area contributed by atoms with Gasteiger partial charge in [-0.05, 0) is 18.6 Å². The maximum Gasteiger partial charge on any atom is 0.298 e. The minimum Gasteiger partial charge on any atom is -0.423 e. The maximum atomic E-state index is 11.9. The molecule has 2 rings (SSSR count). The average molecular weight is 276 g/mol. The molecule has 20 heavy (non-hydrogen) atoms. The highest BCUT2D eigenvalue weighted by Crippen LogP contribution is 2.25. The van der Waals surface area contributed by atoms with Crippen molar-refractivity contribution in [2.75, 3.05) is 37.8 Å². The third-order valence-electron chi connectivity index (χ3n) is 3.03. The number of para-hydroxylation sites is 1. The summed E-state index contributed by atoms with van der Waals surface area (Å²) in [7, 11) is 3.47. The van der Waals surface area contributed by atoms with Gasteiger partial charge in [-0.3, -0.25) is 4.79 Å². The summed E-state index contributed by atoms with van der Waals surface area (Å²) in [5, 5.41) is 0. The topological polar surface area (TPSA) is 75.6 Å². The van der Waals surface area contributed by atoms with Gasteiger partial charge in [-0.15, -0.1) is 0 Å². The number of anilines is 2. The summed E-state index contributed by atoms with van der Waals surface area (Å²) in [6, 6.07) is 5.86. The summed E-state index contributed by atoms with van der Waals surface area (Å²) in [4.78, 5) is 19.7. The molecule has 2 N–H and O–H groups in total. The van der Waals surface area contributed by atoms with Crippen molar-refractivity contribution in [2.24, 2.45) is 0 Å². The number of fused-ring (bicyclic) bond motifs is 1. The number of carbonyl (C=O) groups is 1. The Balaban J connectivity index is 2.31. The standard InChI is InChI=1S/C14H20N4O2/c1-4-8-18(9-12(19)17(2)3)14-16-13-10(15)6-5-7-11(13)20-14/h5-7H,4,8-9,15H2,1-3H3. The van der Waals surface area contributed by atoms with Gasteiger partial charge in [0, 0.05) is 20.6 Å². The lowest BCUT2D eigenvalue weighted by Gasteiger charge is -2.21. The molecule has 0 aliphatic heterocycles. The van der Waals surface area contributed by atoms with Gasteiger partial charge in [0.15, 0.2) is 5.58 Å². The zero-order valence-electron chi connectivity index (χ0n) is 12.1. The summed E-state index contributed by atoms with van der Waals surface area (Å²) in [5.74, 6) is 0.00804. The monoisotopic (exact) mass is 276 g/mol. The van der Waals surface area contributed by atoms with Crippen LogP contribution in [0, 0.1) is 0 Å². The van der Waals surface area contributed by atoms with Crippen molar-refractivity contribution in [3.05, 3.63) is 18.2 Å². The van der Waals surface area contributed by atoms with Crippen molar-refractivity contribution >= 4 is 28.7 Å². The highest BCUT2D eigenvalue weighted by molar-refractivity contribution is 5.87. The molecule has 1 heterocycles. The molecule has 0 atom stereocenters. The number of rotatable bonds is 5. The van der Waals surface area contributed by atoms with Crippen molar-refractivity contribution < 1.29 is 9.21 Å². The Morgan fingerprint density at radius 2 is 2.15 bits per heavy atom. The SMILES string of the molecule is CCCN(CC(=O)N(C)C)c1nc2c(N)cccc2o1. The van der Waals surface area contributed by atoms with E-state index in [4.69, 9.17) is 10.2 Å². The van der Waals surface area contributed by atoms with Crippen LogP contribution in [-0.4, -0.2) is 43.0 Å². The third kappa shape index (κ3) is 2.84. The number of amides is 1. The van der Waals surface area contributed by atoms with Crippen LogP contribution in [0.1, 0.15) is 13.3 Å². The van der Waals surface area contributed by atoms with E-state index in [9.17, 15) is 4.79 Å². The quantitative estimate of drug-likeness (QED) is 0.841. The fraction of sp³-hybridized carbons (Fsp3) is 0.429. The van der Waals surface area contributed by atoms with Gasteiger partial charge in [-0.25, -0.2) is 0 Å². The molecule has 1 aromatic heterocycles. The first-order valence-electron chi connectivity index (χ1n) is 6.63. The highest BCUT2D eigenvalue weighted by atomic mass is 16.4. The Labute approximate surface area is 118 Å². The number of nitrogens with two attached hydrogens (primary N) is 1. The number of oxazole rings is 1. The van der Waals surface area contributed by atoms with Gasteiger partial charge in [0.1, 0.15) is 12.1 Å². The minimum absolute atomic E-state index is 0.00804. The van der Waals surface area contributed by atoms with E-state index < -0.39 is 0 Å². The molecular formula is C14H20N4O2. The molecule has 1 aromatic carbocycles. The molecule has 0 fully saturated rings.